The van der Waals surface area contributed by atoms with Crippen LogP contribution in [0.1, 0.15) is 76.0 Å². The van der Waals surface area contributed by atoms with Gasteiger partial charge in [0.1, 0.15) is 18.4 Å². The third-order valence-corrected chi connectivity index (χ3v) is 11.7. The van der Waals surface area contributed by atoms with Gasteiger partial charge in [-0.05, 0) is 123 Å². The Morgan fingerprint density at radius 2 is 1.42 bits per heavy atom. The van der Waals surface area contributed by atoms with Crippen molar-refractivity contribution in [3.8, 4) is 0 Å². The number of carbonyl (C=O) groups is 2. The van der Waals surface area contributed by atoms with Crippen LogP contribution in [0.25, 0.3) is 0 Å². The molecule has 1 atom stereocenters. The molecule has 0 saturated heterocycles. The Balaban J connectivity index is 1.31. The first-order chi connectivity index (χ1) is 22.7. The zero-order valence-corrected chi connectivity index (χ0v) is 29.3. The van der Waals surface area contributed by atoms with Gasteiger partial charge in [-0.15, -0.1) is 0 Å². The Kier molecular flexibility index (Phi) is 9.46. The van der Waals surface area contributed by atoms with E-state index >= 15 is 0 Å². The maximum absolute atomic E-state index is 14.4. The molecule has 0 heterocycles. The Bertz CT molecular complexity index is 1680. The molecule has 4 aliphatic rings. The lowest BCUT2D eigenvalue weighted by Crippen LogP contribution is -2.56. The van der Waals surface area contributed by atoms with Crippen molar-refractivity contribution in [1.82, 2.24) is 10.2 Å². The van der Waals surface area contributed by atoms with Crippen molar-refractivity contribution in [1.29, 1.82) is 0 Å². The monoisotopic (exact) mass is 673 g/mol. The van der Waals surface area contributed by atoms with E-state index in [0.717, 1.165) is 33.9 Å². The molecule has 0 radical (unpaired) electrons. The molecule has 4 bridgehead atoms. The van der Waals surface area contributed by atoms with Crippen LogP contribution >= 0.6 is 0 Å². The Morgan fingerprint density at radius 1 is 0.854 bits per heavy atom. The minimum absolute atomic E-state index is 0.00324. The Hall–Kier alpha value is -3.72. The summed E-state index contributed by atoms with van der Waals surface area (Å²) in [5, 5.41) is 3.02. The molecular weight excluding hydrogens is 626 g/mol. The van der Waals surface area contributed by atoms with Gasteiger partial charge in [0, 0.05) is 18.5 Å². The van der Waals surface area contributed by atoms with E-state index in [1.807, 2.05) is 63.2 Å². The van der Waals surface area contributed by atoms with Crippen LogP contribution < -0.4 is 9.62 Å². The molecule has 9 heteroatoms. The van der Waals surface area contributed by atoms with Crippen LogP contribution in [0.4, 0.5) is 10.1 Å². The molecule has 0 aliphatic heterocycles. The van der Waals surface area contributed by atoms with Crippen LogP contribution in [-0.4, -0.2) is 49.5 Å². The average molecular weight is 674 g/mol. The first kappa shape index (κ1) is 34.2. The van der Waals surface area contributed by atoms with Crippen molar-refractivity contribution >= 4 is 27.5 Å². The van der Waals surface area contributed by atoms with Gasteiger partial charge in [0.15, 0.2) is 0 Å². The molecule has 2 amide bonds. The molecule has 3 aromatic carbocycles. The fourth-order valence-electron chi connectivity index (χ4n) is 8.85. The van der Waals surface area contributed by atoms with Gasteiger partial charge in [-0.25, -0.2) is 12.8 Å². The Morgan fingerprint density at radius 3 is 1.94 bits per heavy atom. The van der Waals surface area contributed by atoms with Gasteiger partial charge >= 0.3 is 0 Å². The van der Waals surface area contributed by atoms with Gasteiger partial charge < -0.3 is 10.2 Å². The average Bonchev–Trinajstić information content (AvgIpc) is 3.01. The first-order valence-corrected chi connectivity index (χ1v) is 19.0. The molecule has 0 spiro atoms. The van der Waals surface area contributed by atoms with E-state index in [9.17, 15) is 22.4 Å². The number of nitrogens with zero attached hydrogens (tertiary/aromatic N) is 2. The third-order valence-electron chi connectivity index (χ3n) is 10.5. The summed E-state index contributed by atoms with van der Waals surface area (Å²) in [4.78, 5) is 29.8. The zero-order valence-electron chi connectivity index (χ0n) is 28.5. The van der Waals surface area contributed by atoms with Gasteiger partial charge in [-0.3, -0.25) is 13.9 Å². The van der Waals surface area contributed by atoms with Crippen molar-refractivity contribution < 1.29 is 22.4 Å². The number of carbonyl (C=O) groups excluding carboxylic acids is 2. The molecule has 1 N–H and O–H groups in total. The quantitative estimate of drug-likeness (QED) is 0.248. The predicted octanol–water partition coefficient (Wildman–Crippen LogP) is 6.61. The minimum Gasteiger partial charge on any atom is -0.350 e. The summed E-state index contributed by atoms with van der Waals surface area (Å²) < 4.78 is 41.6. The number of benzene rings is 3. The topological polar surface area (TPSA) is 86.8 Å². The van der Waals surface area contributed by atoms with E-state index in [4.69, 9.17) is 0 Å². The highest BCUT2D eigenvalue weighted by Crippen LogP contribution is 2.60. The van der Waals surface area contributed by atoms with Crippen molar-refractivity contribution in [3.05, 3.63) is 101 Å². The molecule has 3 aromatic rings. The molecule has 7 nitrogen and oxygen atoms in total. The molecule has 4 fully saturated rings. The number of halogens is 1. The van der Waals surface area contributed by atoms with E-state index < -0.39 is 39.9 Å². The second-order valence-electron chi connectivity index (χ2n) is 15.6. The molecule has 4 aliphatic carbocycles. The van der Waals surface area contributed by atoms with Gasteiger partial charge in [0.2, 0.25) is 21.8 Å². The predicted molar refractivity (Wildman–Crippen MR) is 187 cm³/mol. The smallest absolute Gasteiger partial charge is 0.244 e. The van der Waals surface area contributed by atoms with Crippen LogP contribution in [-0.2, 0) is 38.0 Å². The van der Waals surface area contributed by atoms with Crippen molar-refractivity contribution in [3.63, 3.8) is 0 Å². The molecular formula is C39H48FN3O4S. The maximum Gasteiger partial charge on any atom is 0.244 e. The standard InChI is InChI=1S/C39H48FN3O4S/c1-38(2,3)41-37(45)35(21-27-8-6-5-7-9-27)42(25-28-10-14-33(40)15-11-28)36(44)26-43(48(4,46)47)34-16-12-32(13-17-34)39-22-29-18-30(23-39)20-31(19-29)24-39/h5-17,29-31,35H,18-26H2,1-4H3,(H,41,45)/t29?,30?,31?,35-,39?/m0/s1. The number of anilines is 1. The maximum atomic E-state index is 14.4. The van der Waals surface area contributed by atoms with Crippen LogP contribution in [0, 0.1) is 23.6 Å². The van der Waals surface area contributed by atoms with E-state index in [1.54, 1.807) is 12.1 Å². The van der Waals surface area contributed by atoms with Gasteiger partial charge in [0.05, 0.1) is 11.9 Å². The summed E-state index contributed by atoms with van der Waals surface area (Å²) in [6.45, 7) is 5.13. The van der Waals surface area contributed by atoms with Gasteiger partial charge in [-0.2, -0.15) is 0 Å². The summed E-state index contributed by atoms with van der Waals surface area (Å²) in [6.07, 6.45) is 8.94. The fraction of sp³-hybridized carbons (Fsp3) is 0.487. The third kappa shape index (κ3) is 7.77. The molecule has 0 unspecified atom stereocenters. The van der Waals surface area contributed by atoms with Gasteiger partial charge in [-0.1, -0.05) is 54.6 Å². The molecule has 48 heavy (non-hydrogen) atoms. The second kappa shape index (κ2) is 13.3. The van der Waals surface area contributed by atoms with E-state index in [0.29, 0.717) is 11.3 Å². The lowest BCUT2D eigenvalue weighted by Gasteiger charge is -2.57. The van der Waals surface area contributed by atoms with Crippen molar-refractivity contribution in [2.75, 3.05) is 17.1 Å². The largest absolute Gasteiger partial charge is 0.350 e. The zero-order chi connectivity index (χ0) is 34.3. The number of nitrogens with one attached hydrogen (secondary N) is 1. The first-order valence-electron chi connectivity index (χ1n) is 17.2. The van der Waals surface area contributed by atoms with Crippen molar-refractivity contribution in [2.24, 2.45) is 17.8 Å². The highest BCUT2D eigenvalue weighted by molar-refractivity contribution is 7.92. The summed E-state index contributed by atoms with van der Waals surface area (Å²) >= 11 is 0. The van der Waals surface area contributed by atoms with E-state index in [1.165, 1.54) is 61.1 Å². The van der Waals surface area contributed by atoms with Crippen LogP contribution in [0.3, 0.4) is 0 Å². The summed E-state index contributed by atoms with van der Waals surface area (Å²) in [7, 11) is -3.88. The fourth-order valence-corrected chi connectivity index (χ4v) is 9.70. The molecule has 0 aromatic heterocycles. The molecule has 256 valence electrons. The lowest BCUT2D eigenvalue weighted by molar-refractivity contribution is -0.140. The Labute approximate surface area is 285 Å². The number of rotatable bonds is 11. The summed E-state index contributed by atoms with van der Waals surface area (Å²) in [5.74, 6) is 1.06. The SMILES string of the molecule is CC(C)(C)NC(=O)[C@H](Cc1ccccc1)N(Cc1ccc(F)cc1)C(=O)CN(c1ccc(C23CC4CC(CC(C4)C2)C3)cc1)S(C)(=O)=O. The van der Waals surface area contributed by atoms with Gasteiger partial charge in [0.25, 0.3) is 0 Å². The van der Waals surface area contributed by atoms with Crippen LogP contribution in [0.15, 0.2) is 78.9 Å². The highest BCUT2D eigenvalue weighted by atomic mass is 32.2. The summed E-state index contributed by atoms with van der Waals surface area (Å²) in [6, 6.07) is 22.0. The van der Waals surface area contributed by atoms with Crippen LogP contribution in [0.5, 0.6) is 0 Å². The second-order valence-corrected chi connectivity index (χ2v) is 17.5. The molecule has 4 saturated carbocycles. The number of hydrogen-bond donors (Lipinski definition) is 1. The molecule has 7 rings (SSSR count). The van der Waals surface area contributed by atoms with E-state index in [-0.39, 0.29) is 24.3 Å². The summed E-state index contributed by atoms with van der Waals surface area (Å²) in [5.41, 5.74) is 2.75. The number of amides is 2. The highest BCUT2D eigenvalue weighted by Gasteiger charge is 2.51. The number of sulfonamides is 1. The normalized spacial score (nSPS) is 23.8. The number of hydrogen-bond acceptors (Lipinski definition) is 4. The lowest BCUT2D eigenvalue weighted by atomic mass is 9.48. The van der Waals surface area contributed by atoms with Crippen LogP contribution in [0.2, 0.25) is 0 Å². The minimum atomic E-state index is -3.88. The van der Waals surface area contributed by atoms with E-state index in [2.05, 4.69) is 17.4 Å². The van der Waals surface area contributed by atoms with Crippen molar-refractivity contribution in [2.45, 2.75) is 89.3 Å².